The highest BCUT2D eigenvalue weighted by atomic mass is 16.4. The van der Waals surface area contributed by atoms with E-state index in [1.54, 1.807) is 4.90 Å². The molecule has 1 atom stereocenters. The molecule has 1 aliphatic carbocycles. The van der Waals surface area contributed by atoms with Crippen LogP contribution in [0.1, 0.15) is 26.2 Å². The Morgan fingerprint density at radius 1 is 1.58 bits per heavy atom. The maximum atomic E-state index is 10.7. The smallest absolute Gasteiger partial charge is 0.407 e. The first-order valence-electron chi connectivity index (χ1n) is 4.60. The molecule has 3 nitrogen and oxygen atoms in total. The van der Waals surface area contributed by atoms with Gasteiger partial charge in [0.05, 0.1) is 0 Å². The van der Waals surface area contributed by atoms with Gasteiger partial charge in [0.25, 0.3) is 0 Å². The lowest BCUT2D eigenvalue weighted by atomic mass is 9.84. The number of carboxylic acid groups (broad SMARTS) is 1. The molecule has 0 radical (unpaired) electrons. The Balaban J connectivity index is 2.00. The van der Waals surface area contributed by atoms with E-state index in [1.807, 2.05) is 0 Å². The van der Waals surface area contributed by atoms with Crippen LogP contribution in [0, 0.1) is 11.3 Å². The lowest BCUT2D eigenvalue weighted by molar-refractivity contribution is 0.148. The number of hydrogen-bond donors (Lipinski definition) is 1. The van der Waals surface area contributed by atoms with Crippen molar-refractivity contribution in [2.45, 2.75) is 26.2 Å². The van der Waals surface area contributed by atoms with Crippen molar-refractivity contribution < 1.29 is 9.90 Å². The molecule has 68 valence electrons. The van der Waals surface area contributed by atoms with Crippen LogP contribution in [-0.4, -0.2) is 29.2 Å². The van der Waals surface area contributed by atoms with Crippen molar-refractivity contribution in [1.29, 1.82) is 0 Å². The molecule has 1 saturated carbocycles. The number of likely N-dealkylation sites (tertiary alicyclic amines) is 1. The summed E-state index contributed by atoms with van der Waals surface area (Å²) in [4.78, 5) is 12.2. The molecule has 2 aliphatic rings. The molecule has 12 heavy (non-hydrogen) atoms. The van der Waals surface area contributed by atoms with Crippen LogP contribution >= 0.6 is 0 Å². The maximum Gasteiger partial charge on any atom is 0.407 e. The minimum Gasteiger partial charge on any atom is -0.465 e. The summed E-state index contributed by atoms with van der Waals surface area (Å²) in [6, 6.07) is 0. The number of nitrogens with zero attached hydrogens (tertiary/aromatic N) is 1. The van der Waals surface area contributed by atoms with Crippen molar-refractivity contribution >= 4 is 6.09 Å². The quantitative estimate of drug-likeness (QED) is 0.650. The second kappa shape index (κ2) is 2.38. The van der Waals surface area contributed by atoms with Gasteiger partial charge in [0, 0.05) is 13.1 Å². The van der Waals surface area contributed by atoms with Gasteiger partial charge in [-0.2, -0.15) is 0 Å². The summed E-state index contributed by atoms with van der Waals surface area (Å²) in [5.41, 5.74) is 0.304. The Kier molecular flexibility index (Phi) is 1.56. The van der Waals surface area contributed by atoms with Crippen LogP contribution in [0.4, 0.5) is 4.79 Å². The van der Waals surface area contributed by atoms with E-state index in [2.05, 4.69) is 6.92 Å². The topological polar surface area (TPSA) is 40.5 Å². The molecule has 0 aromatic rings. The largest absolute Gasteiger partial charge is 0.465 e. The molecule has 2 fully saturated rings. The molecule has 0 aromatic carbocycles. The van der Waals surface area contributed by atoms with Crippen LogP contribution in [0.3, 0.4) is 0 Å². The molecule has 1 amide bonds. The third-order valence-corrected chi connectivity index (χ3v) is 3.34. The second-order valence-electron chi connectivity index (χ2n) is 4.38. The van der Waals surface area contributed by atoms with E-state index in [4.69, 9.17) is 5.11 Å². The molecule has 1 N–H and O–H groups in total. The minimum atomic E-state index is -0.751. The second-order valence-corrected chi connectivity index (χ2v) is 4.38. The van der Waals surface area contributed by atoms with E-state index >= 15 is 0 Å². The summed E-state index contributed by atoms with van der Waals surface area (Å²) >= 11 is 0. The first-order chi connectivity index (χ1) is 5.62. The van der Waals surface area contributed by atoms with Gasteiger partial charge < -0.3 is 10.0 Å². The lowest BCUT2D eigenvalue weighted by Gasteiger charge is -2.22. The van der Waals surface area contributed by atoms with E-state index in [-0.39, 0.29) is 0 Å². The first-order valence-corrected chi connectivity index (χ1v) is 4.60. The molecule has 1 aliphatic heterocycles. The van der Waals surface area contributed by atoms with Crippen molar-refractivity contribution in [2.75, 3.05) is 13.1 Å². The maximum absolute atomic E-state index is 10.7. The van der Waals surface area contributed by atoms with Crippen molar-refractivity contribution in [2.24, 2.45) is 11.3 Å². The normalized spacial score (nSPS) is 35.6. The van der Waals surface area contributed by atoms with Crippen molar-refractivity contribution in [3.63, 3.8) is 0 Å². The fourth-order valence-electron chi connectivity index (χ4n) is 2.26. The summed E-state index contributed by atoms with van der Waals surface area (Å²) in [5, 5.41) is 8.77. The Morgan fingerprint density at radius 3 is 2.67 bits per heavy atom. The zero-order chi connectivity index (χ0) is 8.77. The van der Waals surface area contributed by atoms with Gasteiger partial charge in [-0.25, -0.2) is 4.79 Å². The summed E-state index contributed by atoms with van der Waals surface area (Å²) < 4.78 is 0. The molecule has 2 rings (SSSR count). The average molecular weight is 169 g/mol. The predicted octanol–water partition coefficient (Wildman–Crippen LogP) is 1.79. The SMILES string of the molecule is CC1(C2CC2)CCN(C(=O)O)C1. The first kappa shape index (κ1) is 7.90. The highest BCUT2D eigenvalue weighted by Crippen LogP contribution is 2.50. The number of rotatable bonds is 1. The van der Waals surface area contributed by atoms with E-state index in [9.17, 15) is 4.79 Å². The molecule has 0 aromatic heterocycles. The number of amides is 1. The molecule has 3 heteroatoms. The van der Waals surface area contributed by atoms with E-state index in [1.165, 1.54) is 12.8 Å². The highest BCUT2D eigenvalue weighted by molar-refractivity contribution is 5.65. The number of hydrogen-bond acceptors (Lipinski definition) is 1. The third-order valence-electron chi connectivity index (χ3n) is 3.34. The highest BCUT2D eigenvalue weighted by Gasteiger charge is 2.46. The van der Waals surface area contributed by atoms with Gasteiger partial charge in [0.1, 0.15) is 0 Å². The third kappa shape index (κ3) is 1.17. The predicted molar refractivity (Wildman–Crippen MR) is 45.0 cm³/mol. The number of carbonyl (C=O) groups is 1. The lowest BCUT2D eigenvalue weighted by Crippen LogP contribution is -2.30. The zero-order valence-electron chi connectivity index (χ0n) is 7.42. The molecule has 0 bridgehead atoms. The van der Waals surface area contributed by atoms with Crippen LogP contribution in [0.2, 0.25) is 0 Å². The molecule has 1 saturated heterocycles. The molecule has 1 unspecified atom stereocenters. The van der Waals surface area contributed by atoms with Crippen LogP contribution in [0.25, 0.3) is 0 Å². The van der Waals surface area contributed by atoms with Crippen molar-refractivity contribution in [1.82, 2.24) is 4.90 Å². The summed E-state index contributed by atoms with van der Waals surface area (Å²) in [6.45, 7) is 3.73. The fraction of sp³-hybridized carbons (Fsp3) is 0.889. The Labute approximate surface area is 72.4 Å². The molecular formula is C9H15NO2. The van der Waals surface area contributed by atoms with Crippen molar-refractivity contribution in [3.05, 3.63) is 0 Å². The zero-order valence-corrected chi connectivity index (χ0v) is 7.42. The van der Waals surface area contributed by atoms with Crippen LogP contribution in [0.5, 0.6) is 0 Å². The van der Waals surface area contributed by atoms with Crippen LogP contribution in [0.15, 0.2) is 0 Å². The van der Waals surface area contributed by atoms with Gasteiger partial charge in [-0.15, -0.1) is 0 Å². The van der Waals surface area contributed by atoms with Gasteiger partial charge in [-0.3, -0.25) is 0 Å². The van der Waals surface area contributed by atoms with Gasteiger partial charge in [0.15, 0.2) is 0 Å². The van der Waals surface area contributed by atoms with Gasteiger partial charge in [-0.05, 0) is 30.6 Å². The monoisotopic (exact) mass is 169 g/mol. The van der Waals surface area contributed by atoms with Gasteiger partial charge in [-0.1, -0.05) is 6.92 Å². The van der Waals surface area contributed by atoms with Crippen LogP contribution < -0.4 is 0 Å². The fourth-order valence-corrected chi connectivity index (χ4v) is 2.26. The Bertz CT molecular complexity index is 213. The molecular weight excluding hydrogens is 154 g/mol. The van der Waals surface area contributed by atoms with E-state index < -0.39 is 6.09 Å². The van der Waals surface area contributed by atoms with E-state index in [0.717, 1.165) is 25.4 Å². The Hall–Kier alpha value is -0.730. The van der Waals surface area contributed by atoms with Gasteiger partial charge in [0.2, 0.25) is 0 Å². The summed E-state index contributed by atoms with van der Waals surface area (Å²) in [7, 11) is 0. The molecule has 1 heterocycles. The molecule has 0 spiro atoms. The minimum absolute atomic E-state index is 0.304. The van der Waals surface area contributed by atoms with Crippen molar-refractivity contribution in [3.8, 4) is 0 Å². The standard InChI is InChI=1S/C9H15NO2/c1-9(7-2-3-7)4-5-10(6-9)8(11)12/h7H,2-6H2,1H3,(H,11,12). The summed E-state index contributed by atoms with van der Waals surface area (Å²) in [5.74, 6) is 0.807. The Morgan fingerprint density at radius 2 is 2.25 bits per heavy atom. The van der Waals surface area contributed by atoms with Gasteiger partial charge >= 0.3 is 6.09 Å². The van der Waals surface area contributed by atoms with Crippen LogP contribution in [-0.2, 0) is 0 Å². The average Bonchev–Trinajstić information content (AvgIpc) is 2.77. The summed E-state index contributed by atoms with van der Waals surface area (Å²) in [6.07, 6.45) is 2.93. The van der Waals surface area contributed by atoms with E-state index in [0.29, 0.717) is 5.41 Å².